The fourth-order valence-electron chi connectivity index (χ4n) is 2.77. The molecule has 3 aromatic rings. The number of hydrogen-bond donors (Lipinski definition) is 0. The molecule has 0 N–H and O–H groups in total. The molecule has 26 heavy (non-hydrogen) atoms. The van der Waals surface area contributed by atoms with E-state index in [1.54, 1.807) is 4.57 Å². The summed E-state index contributed by atoms with van der Waals surface area (Å²) in [6, 6.07) is 18.1. The highest BCUT2D eigenvalue weighted by Crippen LogP contribution is 2.20. The summed E-state index contributed by atoms with van der Waals surface area (Å²) in [5, 5.41) is 0. The number of thiazole rings is 1. The average Bonchev–Trinajstić information content (AvgIpc) is 2.98. The fourth-order valence-corrected chi connectivity index (χ4v) is 4.07. The molecular formula is C20H16BrN3OS. The van der Waals surface area contributed by atoms with Gasteiger partial charge in [0, 0.05) is 10.2 Å². The van der Waals surface area contributed by atoms with Gasteiger partial charge < -0.3 is 4.90 Å². The zero-order valence-electron chi connectivity index (χ0n) is 13.9. The van der Waals surface area contributed by atoms with Crippen molar-refractivity contribution >= 4 is 45.1 Å². The number of aromatic nitrogens is 1. The SMILES string of the molecule is O=c1c(=CC=Cc2ccccc2)sc2n1CN(c1cccc(Br)c1)CN=2. The van der Waals surface area contributed by atoms with Gasteiger partial charge in [0.2, 0.25) is 0 Å². The van der Waals surface area contributed by atoms with Crippen molar-refractivity contribution < 1.29 is 0 Å². The van der Waals surface area contributed by atoms with E-state index in [-0.39, 0.29) is 5.56 Å². The molecule has 6 heteroatoms. The molecule has 0 unspecified atom stereocenters. The molecular weight excluding hydrogens is 410 g/mol. The highest BCUT2D eigenvalue weighted by atomic mass is 79.9. The summed E-state index contributed by atoms with van der Waals surface area (Å²) in [5.41, 5.74) is 2.16. The molecule has 0 radical (unpaired) electrons. The molecule has 2 aromatic carbocycles. The van der Waals surface area contributed by atoms with Gasteiger partial charge in [0.05, 0.1) is 4.53 Å². The van der Waals surface area contributed by atoms with E-state index in [9.17, 15) is 4.79 Å². The van der Waals surface area contributed by atoms with Crippen LogP contribution in [0.5, 0.6) is 0 Å². The average molecular weight is 426 g/mol. The Morgan fingerprint density at radius 3 is 2.77 bits per heavy atom. The van der Waals surface area contributed by atoms with Crippen LogP contribution in [0.15, 0.2) is 74.9 Å². The van der Waals surface area contributed by atoms with Gasteiger partial charge in [-0.05, 0) is 29.8 Å². The van der Waals surface area contributed by atoms with Crippen molar-refractivity contribution in [3.05, 3.63) is 90.4 Å². The van der Waals surface area contributed by atoms with Gasteiger partial charge in [-0.2, -0.15) is 0 Å². The predicted octanol–water partition coefficient (Wildman–Crippen LogP) is 3.22. The Balaban J connectivity index is 1.62. The van der Waals surface area contributed by atoms with E-state index in [4.69, 9.17) is 0 Å². The zero-order chi connectivity index (χ0) is 17.9. The minimum atomic E-state index is 0.00570. The summed E-state index contributed by atoms with van der Waals surface area (Å²) in [6.45, 7) is 1.07. The number of hydrogen-bond acceptors (Lipinski definition) is 4. The van der Waals surface area contributed by atoms with Crippen molar-refractivity contribution in [3.8, 4) is 0 Å². The molecule has 4 nitrogen and oxygen atoms in total. The maximum Gasteiger partial charge on any atom is 0.271 e. The third-order valence-electron chi connectivity index (χ3n) is 4.09. The Kier molecular flexibility index (Phi) is 4.86. The molecule has 0 saturated carbocycles. The van der Waals surface area contributed by atoms with Crippen LogP contribution in [-0.2, 0) is 6.67 Å². The van der Waals surface area contributed by atoms with Gasteiger partial charge >= 0.3 is 0 Å². The van der Waals surface area contributed by atoms with Gasteiger partial charge in [-0.3, -0.25) is 9.36 Å². The maximum absolute atomic E-state index is 12.7. The molecule has 1 aliphatic rings. The van der Waals surface area contributed by atoms with Gasteiger partial charge in [-0.25, -0.2) is 4.99 Å². The van der Waals surface area contributed by atoms with Crippen molar-refractivity contribution in [1.29, 1.82) is 0 Å². The number of nitrogens with zero attached hydrogens (tertiary/aromatic N) is 3. The molecule has 130 valence electrons. The predicted molar refractivity (Wildman–Crippen MR) is 111 cm³/mol. The second-order valence-corrected chi connectivity index (χ2v) is 7.80. The molecule has 0 saturated heterocycles. The minimum absolute atomic E-state index is 0.00570. The largest absolute Gasteiger partial charge is 0.334 e. The van der Waals surface area contributed by atoms with Crippen molar-refractivity contribution in [2.24, 2.45) is 4.99 Å². The van der Waals surface area contributed by atoms with Crippen LogP contribution in [0.3, 0.4) is 0 Å². The standard InChI is InChI=1S/C20H16BrN3OS/c21-16-9-5-10-17(12-16)23-13-22-20-24(14-23)19(25)18(26-20)11-4-8-15-6-2-1-3-7-15/h1-12H,13-14H2. The first-order chi connectivity index (χ1) is 12.7. The van der Waals surface area contributed by atoms with Crippen molar-refractivity contribution in [2.75, 3.05) is 11.6 Å². The summed E-state index contributed by atoms with van der Waals surface area (Å²) in [6.07, 6.45) is 5.78. The Labute approximate surface area is 163 Å². The minimum Gasteiger partial charge on any atom is -0.334 e. The zero-order valence-corrected chi connectivity index (χ0v) is 16.3. The molecule has 0 bridgehead atoms. The first-order valence-electron chi connectivity index (χ1n) is 8.19. The van der Waals surface area contributed by atoms with E-state index >= 15 is 0 Å². The topological polar surface area (TPSA) is 37.6 Å². The molecule has 1 aliphatic heterocycles. The molecule has 0 spiro atoms. The Bertz CT molecular complexity index is 1130. The van der Waals surface area contributed by atoms with Crippen molar-refractivity contribution in [2.45, 2.75) is 6.67 Å². The van der Waals surface area contributed by atoms with Gasteiger partial charge in [0.15, 0.2) is 4.80 Å². The van der Waals surface area contributed by atoms with E-state index < -0.39 is 0 Å². The Hall–Kier alpha value is -2.44. The number of anilines is 1. The molecule has 1 aromatic heterocycles. The Morgan fingerprint density at radius 2 is 1.96 bits per heavy atom. The van der Waals surface area contributed by atoms with Crippen LogP contribution in [0.1, 0.15) is 5.56 Å². The number of fused-ring (bicyclic) bond motifs is 1. The summed E-state index contributed by atoms with van der Waals surface area (Å²) in [5.74, 6) is 0. The van der Waals surface area contributed by atoms with E-state index in [0.29, 0.717) is 17.9 Å². The van der Waals surface area contributed by atoms with Crippen LogP contribution in [0.25, 0.3) is 12.2 Å². The van der Waals surface area contributed by atoms with Crippen molar-refractivity contribution in [3.63, 3.8) is 0 Å². The number of benzene rings is 2. The number of allylic oxidation sites excluding steroid dienone is 1. The lowest BCUT2D eigenvalue weighted by molar-refractivity contribution is 0.569. The summed E-state index contributed by atoms with van der Waals surface area (Å²) >= 11 is 4.93. The Morgan fingerprint density at radius 1 is 1.12 bits per heavy atom. The second-order valence-electron chi connectivity index (χ2n) is 5.88. The van der Waals surface area contributed by atoms with Crippen LogP contribution in [-0.4, -0.2) is 11.2 Å². The van der Waals surface area contributed by atoms with Crippen LogP contribution < -0.4 is 19.8 Å². The van der Waals surface area contributed by atoms with E-state index in [0.717, 1.165) is 20.5 Å². The monoisotopic (exact) mass is 425 g/mol. The fraction of sp³-hybridized carbons (Fsp3) is 0.100. The summed E-state index contributed by atoms with van der Waals surface area (Å²) < 4.78 is 3.45. The molecule has 2 heterocycles. The summed E-state index contributed by atoms with van der Waals surface area (Å²) in [7, 11) is 0. The third-order valence-corrected chi connectivity index (χ3v) is 5.64. The van der Waals surface area contributed by atoms with Gasteiger partial charge in [-0.1, -0.05) is 75.8 Å². The molecule has 0 amide bonds. The van der Waals surface area contributed by atoms with E-state index in [1.165, 1.54) is 11.3 Å². The first kappa shape index (κ1) is 17.0. The van der Waals surface area contributed by atoms with Crippen LogP contribution in [0.4, 0.5) is 5.69 Å². The smallest absolute Gasteiger partial charge is 0.271 e. The van der Waals surface area contributed by atoms with Crippen LogP contribution in [0.2, 0.25) is 0 Å². The van der Waals surface area contributed by atoms with Crippen LogP contribution >= 0.6 is 27.3 Å². The molecule has 4 rings (SSSR count). The second kappa shape index (κ2) is 7.43. The quantitative estimate of drug-likeness (QED) is 0.645. The third kappa shape index (κ3) is 3.57. The van der Waals surface area contributed by atoms with E-state index in [1.807, 2.05) is 72.8 Å². The first-order valence-corrected chi connectivity index (χ1v) is 9.80. The summed E-state index contributed by atoms with van der Waals surface area (Å²) in [4.78, 5) is 20.1. The lowest BCUT2D eigenvalue weighted by atomic mass is 10.2. The highest BCUT2D eigenvalue weighted by molar-refractivity contribution is 9.10. The lowest BCUT2D eigenvalue weighted by Crippen LogP contribution is -2.42. The van der Waals surface area contributed by atoms with Crippen LogP contribution in [0, 0.1) is 0 Å². The van der Waals surface area contributed by atoms with E-state index in [2.05, 4.69) is 25.8 Å². The number of halogens is 1. The van der Waals surface area contributed by atoms with Crippen molar-refractivity contribution in [1.82, 2.24) is 4.57 Å². The van der Waals surface area contributed by atoms with Gasteiger partial charge in [0.1, 0.15) is 13.3 Å². The lowest BCUT2D eigenvalue weighted by Gasteiger charge is -2.25. The molecule has 0 atom stereocenters. The molecule has 0 fully saturated rings. The molecule has 0 aliphatic carbocycles. The number of rotatable bonds is 3. The van der Waals surface area contributed by atoms with Gasteiger partial charge in [0.25, 0.3) is 5.56 Å². The maximum atomic E-state index is 12.7. The van der Waals surface area contributed by atoms with Gasteiger partial charge in [-0.15, -0.1) is 0 Å². The normalized spacial score (nSPS) is 14.5. The highest BCUT2D eigenvalue weighted by Gasteiger charge is 2.15.